The van der Waals surface area contributed by atoms with E-state index in [4.69, 9.17) is 5.73 Å². The van der Waals surface area contributed by atoms with E-state index in [-0.39, 0.29) is 0 Å². The van der Waals surface area contributed by atoms with Gasteiger partial charge in [0.2, 0.25) is 0 Å². The number of aliphatic hydroxyl groups excluding tert-OH is 1. The van der Waals surface area contributed by atoms with Crippen LogP contribution in [0.3, 0.4) is 0 Å². The third-order valence-corrected chi connectivity index (χ3v) is 4.49. The standard InChI is InChI=1S/C15H28N4O/c1-10(2)14-13(16)15(19(3)18-14)17-8-11-6-4-5-7-12(11)9-20/h10-12,17,20H,4-9,16H2,1-3H3. The van der Waals surface area contributed by atoms with Crippen molar-refractivity contribution < 1.29 is 5.11 Å². The molecule has 4 N–H and O–H groups in total. The zero-order chi connectivity index (χ0) is 14.7. The van der Waals surface area contributed by atoms with Gasteiger partial charge in [-0.15, -0.1) is 0 Å². The van der Waals surface area contributed by atoms with E-state index in [2.05, 4.69) is 24.3 Å². The minimum absolute atomic E-state index is 0.296. The number of hydrogen-bond acceptors (Lipinski definition) is 4. The lowest BCUT2D eigenvalue weighted by atomic mass is 9.79. The maximum Gasteiger partial charge on any atom is 0.147 e. The fourth-order valence-electron chi connectivity index (χ4n) is 3.22. The number of aryl methyl sites for hydroxylation is 1. The molecular formula is C15H28N4O. The lowest BCUT2D eigenvalue weighted by Crippen LogP contribution is -2.29. The fourth-order valence-corrected chi connectivity index (χ4v) is 3.22. The first kappa shape index (κ1) is 15.2. The van der Waals surface area contributed by atoms with Gasteiger partial charge < -0.3 is 16.2 Å². The first-order valence-corrected chi connectivity index (χ1v) is 7.71. The van der Waals surface area contributed by atoms with E-state index < -0.39 is 0 Å². The van der Waals surface area contributed by atoms with Crippen LogP contribution in [0.2, 0.25) is 0 Å². The molecule has 2 rings (SSSR count). The number of nitrogens with one attached hydrogen (secondary N) is 1. The van der Waals surface area contributed by atoms with Crippen molar-refractivity contribution in [3.05, 3.63) is 5.69 Å². The molecule has 2 unspecified atom stereocenters. The highest BCUT2D eigenvalue weighted by Crippen LogP contribution is 2.32. The van der Waals surface area contributed by atoms with Crippen molar-refractivity contribution in [3.8, 4) is 0 Å². The summed E-state index contributed by atoms with van der Waals surface area (Å²) in [5.74, 6) is 2.20. The molecule has 1 aliphatic carbocycles. The first-order chi connectivity index (χ1) is 9.54. The van der Waals surface area contributed by atoms with Gasteiger partial charge in [0.05, 0.1) is 11.4 Å². The van der Waals surface area contributed by atoms with Gasteiger partial charge >= 0.3 is 0 Å². The zero-order valence-corrected chi connectivity index (χ0v) is 12.9. The van der Waals surface area contributed by atoms with E-state index in [1.807, 2.05) is 11.7 Å². The maximum atomic E-state index is 9.47. The van der Waals surface area contributed by atoms with Crippen molar-refractivity contribution in [1.29, 1.82) is 0 Å². The summed E-state index contributed by atoms with van der Waals surface area (Å²) in [4.78, 5) is 0. The highest BCUT2D eigenvalue weighted by molar-refractivity contribution is 5.65. The topological polar surface area (TPSA) is 76.1 Å². The molecule has 1 saturated carbocycles. The summed E-state index contributed by atoms with van der Waals surface area (Å²) in [6.07, 6.45) is 4.84. The van der Waals surface area contributed by atoms with Gasteiger partial charge in [-0.25, -0.2) is 0 Å². The van der Waals surface area contributed by atoms with E-state index in [0.717, 1.165) is 30.2 Å². The number of anilines is 2. The molecule has 1 aliphatic rings. The second-order valence-electron chi connectivity index (χ2n) is 6.29. The van der Waals surface area contributed by atoms with Crippen LogP contribution in [0.5, 0.6) is 0 Å². The van der Waals surface area contributed by atoms with Crippen molar-refractivity contribution >= 4 is 11.5 Å². The Hall–Kier alpha value is -1.23. The van der Waals surface area contributed by atoms with Crippen molar-refractivity contribution in [2.75, 3.05) is 24.2 Å². The Labute approximate surface area is 121 Å². The normalized spacial score (nSPS) is 23.2. The van der Waals surface area contributed by atoms with Crippen LogP contribution in [0.4, 0.5) is 11.5 Å². The molecule has 0 bridgehead atoms. The van der Waals surface area contributed by atoms with Gasteiger partial charge in [-0.1, -0.05) is 26.7 Å². The maximum absolute atomic E-state index is 9.47. The summed E-state index contributed by atoms with van der Waals surface area (Å²) in [6.45, 7) is 5.37. The Kier molecular flexibility index (Phi) is 4.91. The lowest BCUT2D eigenvalue weighted by molar-refractivity contribution is 0.141. The van der Waals surface area contributed by atoms with Gasteiger partial charge in [0.25, 0.3) is 0 Å². The van der Waals surface area contributed by atoms with Crippen LogP contribution in [0.15, 0.2) is 0 Å². The number of nitrogens with two attached hydrogens (primary N) is 1. The molecule has 0 aromatic carbocycles. The monoisotopic (exact) mass is 280 g/mol. The predicted octanol–water partition coefficient (Wildman–Crippen LogP) is 2.34. The third-order valence-electron chi connectivity index (χ3n) is 4.49. The van der Waals surface area contributed by atoms with Crippen LogP contribution in [-0.2, 0) is 7.05 Å². The lowest BCUT2D eigenvalue weighted by Gasteiger charge is -2.30. The Morgan fingerprint density at radius 3 is 2.55 bits per heavy atom. The van der Waals surface area contributed by atoms with Crippen molar-refractivity contribution in [2.45, 2.75) is 45.4 Å². The summed E-state index contributed by atoms with van der Waals surface area (Å²) in [5.41, 5.74) is 7.91. The molecule has 20 heavy (non-hydrogen) atoms. The smallest absolute Gasteiger partial charge is 0.147 e. The Morgan fingerprint density at radius 1 is 1.35 bits per heavy atom. The quantitative estimate of drug-likeness (QED) is 0.774. The summed E-state index contributed by atoms with van der Waals surface area (Å²) < 4.78 is 1.83. The number of nitrogen functional groups attached to an aromatic ring is 1. The Balaban J connectivity index is 2.03. The highest BCUT2D eigenvalue weighted by atomic mass is 16.3. The van der Waals surface area contributed by atoms with Crippen LogP contribution < -0.4 is 11.1 Å². The summed E-state index contributed by atoms with van der Waals surface area (Å²) >= 11 is 0. The Morgan fingerprint density at radius 2 is 2.00 bits per heavy atom. The molecular weight excluding hydrogens is 252 g/mol. The molecule has 0 radical (unpaired) electrons. The van der Waals surface area contributed by atoms with E-state index in [9.17, 15) is 5.11 Å². The molecule has 0 saturated heterocycles. The van der Waals surface area contributed by atoms with Gasteiger partial charge in [-0.05, 0) is 30.6 Å². The highest BCUT2D eigenvalue weighted by Gasteiger charge is 2.25. The Bertz CT molecular complexity index is 441. The van der Waals surface area contributed by atoms with Gasteiger partial charge in [-0.3, -0.25) is 4.68 Å². The SMILES string of the molecule is CC(C)c1nn(C)c(NCC2CCCCC2CO)c1N. The molecule has 1 heterocycles. The average molecular weight is 280 g/mol. The first-order valence-electron chi connectivity index (χ1n) is 7.71. The fraction of sp³-hybridized carbons (Fsp3) is 0.800. The van der Waals surface area contributed by atoms with E-state index in [0.29, 0.717) is 24.4 Å². The van der Waals surface area contributed by atoms with Crippen molar-refractivity contribution in [3.63, 3.8) is 0 Å². The molecule has 5 heteroatoms. The number of rotatable bonds is 5. The van der Waals surface area contributed by atoms with Crippen LogP contribution in [0.1, 0.15) is 51.1 Å². The van der Waals surface area contributed by atoms with Gasteiger partial charge in [0.15, 0.2) is 0 Å². The third kappa shape index (κ3) is 3.08. The molecule has 0 amide bonds. The van der Waals surface area contributed by atoms with E-state index in [1.54, 1.807) is 0 Å². The van der Waals surface area contributed by atoms with E-state index >= 15 is 0 Å². The molecule has 5 nitrogen and oxygen atoms in total. The minimum Gasteiger partial charge on any atom is -0.396 e. The number of nitrogens with zero attached hydrogens (tertiary/aromatic N) is 2. The largest absolute Gasteiger partial charge is 0.396 e. The molecule has 2 atom stereocenters. The second-order valence-corrected chi connectivity index (χ2v) is 6.29. The van der Waals surface area contributed by atoms with Crippen LogP contribution in [-0.4, -0.2) is 28.0 Å². The molecule has 1 fully saturated rings. The molecule has 1 aromatic heterocycles. The van der Waals surface area contributed by atoms with Crippen LogP contribution in [0.25, 0.3) is 0 Å². The van der Waals surface area contributed by atoms with Crippen molar-refractivity contribution in [1.82, 2.24) is 9.78 Å². The van der Waals surface area contributed by atoms with Crippen molar-refractivity contribution in [2.24, 2.45) is 18.9 Å². The summed E-state index contributed by atoms with van der Waals surface area (Å²) in [7, 11) is 1.93. The average Bonchev–Trinajstić information content (AvgIpc) is 2.72. The number of aliphatic hydroxyl groups is 1. The van der Waals surface area contributed by atoms with Gasteiger partial charge in [-0.2, -0.15) is 5.10 Å². The minimum atomic E-state index is 0.296. The molecule has 0 spiro atoms. The molecule has 114 valence electrons. The second kappa shape index (κ2) is 6.48. The van der Waals surface area contributed by atoms with Crippen LogP contribution in [0, 0.1) is 11.8 Å². The zero-order valence-electron chi connectivity index (χ0n) is 12.9. The summed E-state index contributed by atoms with van der Waals surface area (Å²) in [5, 5.41) is 17.4. The van der Waals surface area contributed by atoms with Gasteiger partial charge in [0.1, 0.15) is 5.82 Å². The van der Waals surface area contributed by atoms with E-state index in [1.165, 1.54) is 19.3 Å². The summed E-state index contributed by atoms with van der Waals surface area (Å²) in [6, 6.07) is 0. The predicted molar refractivity (Wildman–Crippen MR) is 82.7 cm³/mol. The van der Waals surface area contributed by atoms with Crippen LogP contribution >= 0.6 is 0 Å². The number of aromatic nitrogens is 2. The van der Waals surface area contributed by atoms with Gasteiger partial charge in [0, 0.05) is 20.2 Å². The number of hydrogen-bond donors (Lipinski definition) is 3. The molecule has 0 aliphatic heterocycles. The molecule has 1 aromatic rings.